The molecular weight excluding hydrogens is 504 g/mol. The molecule has 1 saturated heterocycles. The van der Waals surface area contributed by atoms with Crippen molar-refractivity contribution in [2.45, 2.75) is 51.6 Å². The van der Waals surface area contributed by atoms with Crippen molar-refractivity contribution in [3.63, 3.8) is 0 Å². The van der Waals surface area contributed by atoms with Crippen LogP contribution in [0.1, 0.15) is 55.6 Å². The van der Waals surface area contributed by atoms with Crippen LogP contribution in [0.15, 0.2) is 36.7 Å². The Morgan fingerprint density at radius 3 is 2.50 bits per heavy atom. The smallest absolute Gasteiger partial charge is 0.223 e. The van der Waals surface area contributed by atoms with Gasteiger partial charge in [-0.1, -0.05) is 18.2 Å². The number of aryl methyl sites for hydroxylation is 1. The molecule has 0 spiro atoms. The first-order valence-electron chi connectivity index (χ1n) is 13.2. The van der Waals surface area contributed by atoms with E-state index in [0.29, 0.717) is 44.0 Å². The molecule has 11 heteroatoms. The molecule has 3 heterocycles. The number of para-hydroxylation sites is 1. The molecule has 0 radical (unpaired) electrons. The summed E-state index contributed by atoms with van der Waals surface area (Å²) in [4.78, 5) is 40.7. The Morgan fingerprint density at radius 1 is 1.00 bits per heavy atom. The van der Waals surface area contributed by atoms with Gasteiger partial charge in [-0.2, -0.15) is 4.31 Å². The van der Waals surface area contributed by atoms with Crippen LogP contribution in [0.25, 0.3) is 0 Å². The fourth-order valence-electron chi connectivity index (χ4n) is 5.25. The van der Waals surface area contributed by atoms with E-state index in [-0.39, 0.29) is 24.3 Å². The lowest BCUT2D eigenvalue weighted by atomic mass is 10.1. The normalized spacial score (nSPS) is 20.1. The molecule has 2 amide bonds. The number of nitrogens with zero attached hydrogens (tertiary/aromatic N) is 6. The number of hydrogen-bond donors (Lipinski definition) is 0. The van der Waals surface area contributed by atoms with Gasteiger partial charge in [0, 0.05) is 58.0 Å². The maximum atomic E-state index is 13.4. The fraction of sp³-hybridized carbons (Fsp3) is 0.556. The summed E-state index contributed by atoms with van der Waals surface area (Å²) in [5, 5.41) is 0. The molecule has 38 heavy (non-hydrogen) atoms. The monoisotopic (exact) mass is 542 g/mol. The summed E-state index contributed by atoms with van der Waals surface area (Å²) in [7, 11) is -1.26. The molecule has 4 rings (SSSR count). The predicted molar refractivity (Wildman–Crippen MR) is 146 cm³/mol. The minimum Gasteiger partial charge on any atom is -0.337 e. The predicted octanol–water partition coefficient (Wildman–Crippen LogP) is 2.22. The lowest BCUT2D eigenvalue weighted by molar-refractivity contribution is -0.132. The largest absolute Gasteiger partial charge is 0.337 e. The van der Waals surface area contributed by atoms with Gasteiger partial charge in [0.2, 0.25) is 21.8 Å². The fourth-order valence-corrected chi connectivity index (χ4v) is 6.38. The van der Waals surface area contributed by atoms with Crippen molar-refractivity contribution in [3.05, 3.63) is 53.6 Å². The van der Waals surface area contributed by atoms with Crippen molar-refractivity contribution < 1.29 is 18.0 Å². The van der Waals surface area contributed by atoms with Crippen molar-refractivity contribution >= 4 is 27.5 Å². The molecule has 0 bridgehead atoms. The average Bonchev–Trinajstić information content (AvgIpc) is 3.38. The molecule has 0 N–H and O–H groups in total. The molecule has 2 aromatic rings. The lowest BCUT2D eigenvalue weighted by Crippen LogP contribution is -2.37. The quantitative estimate of drug-likeness (QED) is 0.570. The van der Waals surface area contributed by atoms with Crippen LogP contribution >= 0.6 is 0 Å². The van der Waals surface area contributed by atoms with Gasteiger partial charge in [-0.05, 0) is 50.9 Å². The van der Waals surface area contributed by atoms with Crippen LogP contribution < -0.4 is 4.90 Å². The van der Waals surface area contributed by atoms with Crippen LogP contribution in [-0.4, -0.2) is 90.3 Å². The molecule has 2 aliphatic rings. The van der Waals surface area contributed by atoms with Crippen molar-refractivity contribution in [1.82, 2.24) is 24.1 Å². The molecular formula is C27H38N6O4S. The van der Waals surface area contributed by atoms with Gasteiger partial charge >= 0.3 is 0 Å². The molecule has 0 aliphatic carbocycles. The first kappa shape index (κ1) is 28.1. The minimum absolute atomic E-state index is 0.00323. The number of anilines is 1. The van der Waals surface area contributed by atoms with Crippen molar-refractivity contribution in [2.24, 2.45) is 0 Å². The lowest BCUT2D eigenvalue weighted by Gasteiger charge is -2.27. The number of fused-ring (bicyclic) bond motifs is 1. The number of amides is 2. The summed E-state index contributed by atoms with van der Waals surface area (Å²) in [6.45, 7) is 5.34. The summed E-state index contributed by atoms with van der Waals surface area (Å²) in [5.41, 5.74) is 3.16. The van der Waals surface area contributed by atoms with Crippen molar-refractivity contribution in [3.8, 4) is 0 Å². The molecule has 0 saturated carbocycles. The summed E-state index contributed by atoms with van der Waals surface area (Å²) in [6.07, 6.45) is 7.64. The minimum atomic E-state index is -3.30. The Bertz CT molecular complexity index is 1240. The number of benzene rings is 1. The van der Waals surface area contributed by atoms with Gasteiger partial charge in [0.05, 0.1) is 29.9 Å². The third-order valence-corrected chi connectivity index (χ3v) is 8.63. The number of rotatable bonds is 5. The molecule has 2 aliphatic heterocycles. The van der Waals surface area contributed by atoms with E-state index in [2.05, 4.69) is 14.9 Å². The Balaban J connectivity index is 1.45. The van der Waals surface area contributed by atoms with Crippen LogP contribution in [0.3, 0.4) is 0 Å². The zero-order valence-corrected chi connectivity index (χ0v) is 23.4. The maximum Gasteiger partial charge on any atom is 0.223 e. The molecule has 1 unspecified atom stereocenters. The number of sulfonamides is 1. The summed E-state index contributed by atoms with van der Waals surface area (Å²) >= 11 is 0. The van der Waals surface area contributed by atoms with Gasteiger partial charge in [-0.15, -0.1) is 0 Å². The summed E-state index contributed by atoms with van der Waals surface area (Å²) < 4.78 is 25.6. The molecule has 1 atom stereocenters. The van der Waals surface area contributed by atoms with E-state index in [1.807, 2.05) is 41.1 Å². The van der Waals surface area contributed by atoms with Crippen molar-refractivity contribution in [1.29, 1.82) is 0 Å². The van der Waals surface area contributed by atoms with E-state index in [0.717, 1.165) is 43.6 Å². The zero-order chi connectivity index (χ0) is 27.3. The molecule has 1 aromatic carbocycles. The highest BCUT2D eigenvalue weighted by atomic mass is 32.2. The Morgan fingerprint density at radius 2 is 1.79 bits per heavy atom. The van der Waals surface area contributed by atoms with Crippen LogP contribution in [0.4, 0.5) is 5.69 Å². The van der Waals surface area contributed by atoms with E-state index >= 15 is 0 Å². The number of carbonyl (C=O) groups is 2. The molecule has 10 nitrogen and oxygen atoms in total. The first-order chi connectivity index (χ1) is 18.1. The summed E-state index contributed by atoms with van der Waals surface area (Å²) in [6, 6.07) is 7.53. The van der Waals surface area contributed by atoms with Gasteiger partial charge < -0.3 is 14.7 Å². The number of likely N-dealkylation sites (N-methyl/N-ethyl adjacent to an activating group) is 1. The van der Waals surface area contributed by atoms with Gasteiger partial charge in [-0.3, -0.25) is 19.6 Å². The second-order valence-corrected chi connectivity index (χ2v) is 12.2. The Hall–Kier alpha value is -2.89. The Kier molecular flexibility index (Phi) is 9.11. The third-order valence-electron chi connectivity index (χ3n) is 7.34. The second-order valence-electron chi connectivity index (χ2n) is 10.2. The number of hydrogen-bond acceptors (Lipinski definition) is 7. The van der Waals surface area contributed by atoms with E-state index < -0.39 is 10.0 Å². The molecule has 1 aromatic heterocycles. The average molecular weight is 543 g/mol. The third kappa shape index (κ3) is 6.95. The highest BCUT2D eigenvalue weighted by Crippen LogP contribution is 2.32. The van der Waals surface area contributed by atoms with Crippen LogP contribution in [-0.2, 0) is 32.6 Å². The maximum absolute atomic E-state index is 13.4. The van der Waals surface area contributed by atoms with E-state index in [4.69, 9.17) is 0 Å². The van der Waals surface area contributed by atoms with Gasteiger partial charge in [0.25, 0.3) is 0 Å². The van der Waals surface area contributed by atoms with E-state index in [9.17, 15) is 18.0 Å². The topological polar surface area (TPSA) is 107 Å². The highest BCUT2D eigenvalue weighted by molar-refractivity contribution is 7.88. The van der Waals surface area contributed by atoms with Gasteiger partial charge in [0.15, 0.2) is 0 Å². The van der Waals surface area contributed by atoms with Gasteiger partial charge in [0.1, 0.15) is 0 Å². The standard InChI is InChI=1S/C27H38N6O4S/c1-21(34)32-14-7-13-30(2)16-17-31(20-22-8-4-5-9-25(22)32)27(35)12-11-23-18-29-24(19-28-23)26-10-6-15-33(26)38(3,36)37/h4-5,8-9,18-19,26H,6-7,10-17,20H2,1-3H3. The first-order valence-corrected chi connectivity index (χ1v) is 15.1. The van der Waals surface area contributed by atoms with Crippen molar-refractivity contribution in [2.75, 3.05) is 50.9 Å². The van der Waals surface area contributed by atoms with E-state index in [1.54, 1.807) is 19.3 Å². The van der Waals surface area contributed by atoms with E-state index in [1.165, 1.54) is 10.6 Å². The van der Waals surface area contributed by atoms with Crippen LogP contribution in [0, 0.1) is 0 Å². The highest BCUT2D eigenvalue weighted by Gasteiger charge is 2.33. The molecule has 206 valence electrons. The van der Waals surface area contributed by atoms with Crippen LogP contribution in [0.2, 0.25) is 0 Å². The number of aromatic nitrogens is 2. The SMILES string of the molecule is CC(=O)N1CCCN(C)CCN(C(=O)CCc2cnc(C3CCCN3S(C)(=O)=O)cn2)Cc2ccccc21. The molecule has 1 fully saturated rings. The Labute approximate surface area is 225 Å². The summed E-state index contributed by atoms with van der Waals surface area (Å²) in [5.74, 6) is 0.0169. The zero-order valence-electron chi connectivity index (χ0n) is 22.5. The van der Waals surface area contributed by atoms with Gasteiger partial charge in [-0.25, -0.2) is 8.42 Å². The second kappa shape index (κ2) is 12.3. The van der Waals surface area contributed by atoms with Crippen LogP contribution in [0.5, 0.6) is 0 Å². The number of carbonyl (C=O) groups excluding carboxylic acids is 2.